The van der Waals surface area contributed by atoms with Gasteiger partial charge < -0.3 is 19.9 Å². The first-order valence-corrected chi connectivity index (χ1v) is 9.26. The third-order valence-electron chi connectivity index (χ3n) is 5.56. The molecule has 0 saturated heterocycles. The van der Waals surface area contributed by atoms with E-state index < -0.39 is 23.0 Å². The van der Waals surface area contributed by atoms with Gasteiger partial charge in [-0.2, -0.15) is 5.26 Å². The van der Waals surface area contributed by atoms with Gasteiger partial charge in [-0.15, -0.1) is 0 Å². The molecule has 144 valence electrons. The number of carbonyl (C=O) groups is 2. The molecule has 0 spiro atoms. The number of unbranched alkanes of at least 4 members (excludes halogenated alkanes) is 2. The maximum absolute atomic E-state index is 13.6. The maximum atomic E-state index is 13.6. The summed E-state index contributed by atoms with van der Waals surface area (Å²) in [6, 6.07) is 8.73. The van der Waals surface area contributed by atoms with Gasteiger partial charge in [-0.25, -0.2) is 4.79 Å². The molecule has 2 heterocycles. The van der Waals surface area contributed by atoms with Crippen molar-refractivity contribution in [2.24, 2.45) is 11.1 Å². The van der Waals surface area contributed by atoms with Gasteiger partial charge in [-0.1, -0.05) is 44.0 Å². The fourth-order valence-electron chi connectivity index (χ4n) is 4.43. The van der Waals surface area contributed by atoms with E-state index >= 15 is 0 Å². The molecule has 1 aromatic carbocycles. The number of benzene rings is 1. The molecule has 2 N–H and O–H groups in total. The number of nitrogens with two attached hydrogens (primary N) is 1. The standard InChI is InChI=1S/C21H20N2O5/c1-3-4-7-10-26-19(25)16-12(2)27-21-14-9-6-5-8-13(14)17(24)20(16,21)15(11-22)18(23)28-21/h5-6,8-9H,3-4,7,10,23H2,1-2H3/t20-,21-/m0/s1. The van der Waals surface area contributed by atoms with Crippen molar-refractivity contribution in [3.63, 3.8) is 0 Å². The summed E-state index contributed by atoms with van der Waals surface area (Å²) in [5, 5.41) is 9.80. The van der Waals surface area contributed by atoms with Crippen LogP contribution in [0.15, 0.2) is 47.1 Å². The lowest BCUT2D eigenvalue weighted by molar-refractivity contribution is -0.199. The first-order valence-electron chi connectivity index (χ1n) is 9.26. The van der Waals surface area contributed by atoms with Gasteiger partial charge in [-0.3, -0.25) is 4.79 Å². The Bertz CT molecular complexity index is 1000. The number of hydrogen-bond acceptors (Lipinski definition) is 7. The first-order chi connectivity index (χ1) is 13.5. The van der Waals surface area contributed by atoms with Gasteiger partial charge in [0.15, 0.2) is 11.2 Å². The number of carbonyl (C=O) groups excluding carboxylic acids is 2. The zero-order valence-electron chi connectivity index (χ0n) is 15.7. The lowest BCUT2D eigenvalue weighted by Gasteiger charge is -2.31. The Morgan fingerprint density at radius 1 is 1.29 bits per heavy atom. The van der Waals surface area contributed by atoms with Crippen molar-refractivity contribution in [1.82, 2.24) is 0 Å². The van der Waals surface area contributed by atoms with E-state index in [1.807, 2.05) is 13.0 Å². The third-order valence-corrected chi connectivity index (χ3v) is 5.56. The van der Waals surface area contributed by atoms with Crippen LogP contribution >= 0.6 is 0 Å². The summed E-state index contributed by atoms with van der Waals surface area (Å²) in [7, 11) is 0. The van der Waals surface area contributed by atoms with Crippen LogP contribution in [0.1, 0.15) is 49.0 Å². The second-order valence-corrected chi connectivity index (χ2v) is 7.07. The number of ether oxygens (including phenoxy) is 3. The van der Waals surface area contributed by atoms with Crippen LogP contribution in [0, 0.1) is 16.7 Å². The Balaban J connectivity index is 1.87. The predicted molar refractivity (Wildman–Crippen MR) is 97.1 cm³/mol. The molecule has 2 atom stereocenters. The maximum Gasteiger partial charge on any atom is 0.339 e. The van der Waals surface area contributed by atoms with Gasteiger partial charge in [0.05, 0.1) is 6.61 Å². The van der Waals surface area contributed by atoms with Crippen molar-refractivity contribution in [2.45, 2.75) is 38.9 Å². The van der Waals surface area contributed by atoms with Crippen LogP contribution in [0.4, 0.5) is 0 Å². The van der Waals surface area contributed by atoms with Gasteiger partial charge in [0.1, 0.15) is 23.0 Å². The zero-order chi connectivity index (χ0) is 20.1. The average molecular weight is 380 g/mol. The van der Waals surface area contributed by atoms with Crippen molar-refractivity contribution < 1.29 is 23.8 Å². The van der Waals surface area contributed by atoms with Crippen molar-refractivity contribution >= 4 is 11.8 Å². The highest BCUT2D eigenvalue weighted by Gasteiger charge is 2.80. The van der Waals surface area contributed by atoms with Crippen LogP contribution in [-0.4, -0.2) is 18.4 Å². The SMILES string of the molecule is CCCCCOC(=O)C1=C(C)O[C@@]23OC(N)=C(C#N)[C@@]12C(=O)c1ccccc13. The molecule has 28 heavy (non-hydrogen) atoms. The van der Waals surface area contributed by atoms with Crippen LogP contribution in [0.2, 0.25) is 0 Å². The molecular formula is C21H20N2O5. The number of esters is 1. The fourth-order valence-corrected chi connectivity index (χ4v) is 4.43. The second-order valence-electron chi connectivity index (χ2n) is 7.07. The molecule has 0 radical (unpaired) electrons. The topological polar surface area (TPSA) is 112 Å². The minimum atomic E-state index is -1.78. The van der Waals surface area contributed by atoms with E-state index in [2.05, 4.69) is 0 Å². The summed E-state index contributed by atoms with van der Waals surface area (Å²) in [5.41, 5.74) is 4.83. The molecule has 0 amide bonds. The first kappa shape index (κ1) is 18.1. The molecule has 0 unspecified atom stereocenters. The third kappa shape index (κ3) is 1.92. The molecule has 2 aliphatic heterocycles. The highest BCUT2D eigenvalue weighted by molar-refractivity contribution is 6.16. The summed E-state index contributed by atoms with van der Waals surface area (Å²) in [6.07, 6.45) is 2.61. The number of Topliss-reactive ketones (excluding diaryl/α,β-unsaturated/α-hetero) is 1. The van der Waals surface area contributed by atoms with E-state index in [-0.39, 0.29) is 29.4 Å². The Hall–Kier alpha value is -3.27. The zero-order valence-corrected chi connectivity index (χ0v) is 15.7. The van der Waals surface area contributed by atoms with Gasteiger partial charge in [0, 0.05) is 11.1 Å². The van der Waals surface area contributed by atoms with Gasteiger partial charge >= 0.3 is 11.8 Å². The van der Waals surface area contributed by atoms with Crippen molar-refractivity contribution in [1.29, 1.82) is 5.26 Å². The molecule has 7 nitrogen and oxygen atoms in total. The van der Waals surface area contributed by atoms with E-state index in [9.17, 15) is 14.9 Å². The Labute approximate surface area is 162 Å². The number of hydrogen-bond donors (Lipinski definition) is 1. The van der Waals surface area contributed by atoms with Crippen LogP contribution in [0.25, 0.3) is 0 Å². The Morgan fingerprint density at radius 3 is 2.75 bits per heavy atom. The molecule has 0 aromatic heterocycles. The lowest BCUT2D eigenvalue weighted by atomic mass is 9.69. The van der Waals surface area contributed by atoms with Gasteiger partial charge in [0.25, 0.3) is 0 Å². The van der Waals surface area contributed by atoms with E-state index in [1.54, 1.807) is 31.2 Å². The Morgan fingerprint density at radius 2 is 2.04 bits per heavy atom. The van der Waals surface area contributed by atoms with Crippen LogP contribution in [-0.2, 0) is 24.8 Å². The molecule has 4 rings (SSSR count). The molecule has 0 saturated carbocycles. The minimum Gasteiger partial charge on any atom is -0.462 e. The van der Waals surface area contributed by atoms with E-state index in [1.165, 1.54) is 0 Å². The highest BCUT2D eigenvalue weighted by atomic mass is 16.7. The molecule has 1 aromatic rings. The number of fused-ring (bicyclic) bond motifs is 1. The van der Waals surface area contributed by atoms with Crippen molar-refractivity contribution in [3.8, 4) is 6.07 Å². The molecule has 0 bridgehead atoms. The predicted octanol–water partition coefficient (Wildman–Crippen LogP) is 2.78. The van der Waals surface area contributed by atoms with E-state index in [4.69, 9.17) is 19.9 Å². The van der Waals surface area contributed by atoms with Crippen molar-refractivity contribution in [2.75, 3.05) is 6.61 Å². The minimum absolute atomic E-state index is 0.0119. The smallest absolute Gasteiger partial charge is 0.339 e. The normalized spacial score (nSPS) is 27.0. The van der Waals surface area contributed by atoms with E-state index in [0.29, 0.717) is 17.5 Å². The average Bonchev–Trinajstić information content (AvgIpc) is 3.15. The van der Waals surface area contributed by atoms with Crippen LogP contribution < -0.4 is 5.73 Å². The summed E-state index contributed by atoms with van der Waals surface area (Å²) < 4.78 is 17.3. The lowest BCUT2D eigenvalue weighted by Crippen LogP contribution is -2.45. The van der Waals surface area contributed by atoms with Gasteiger partial charge in [-0.05, 0) is 13.3 Å². The summed E-state index contributed by atoms with van der Waals surface area (Å²) >= 11 is 0. The van der Waals surface area contributed by atoms with Crippen LogP contribution in [0.3, 0.4) is 0 Å². The largest absolute Gasteiger partial charge is 0.462 e. The number of allylic oxidation sites excluding steroid dienone is 1. The highest BCUT2D eigenvalue weighted by Crippen LogP contribution is 2.69. The number of rotatable bonds is 5. The monoisotopic (exact) mass is 380 g/mol. The molecular weight excluding hydrogens is 360 g/mol. The van der Waals surface area contributed by atoms with E-state index in [0.717, 1.165) is 12.8 Å². The quantitative estimate of drug-likeness (QED) is 0.617. The van der Waals surface area contributed by atoms with Crippen molar-refractivity contribution in [3.05, 3.63) is 58.2 Å². The number of nitrogens with zero attached hydrogens (tertiary/aromatic N) is 1. The molecule has 7 heteroatoms. The van der Waals surface area contributed by atoms with Crippen LogP contribution in [0.5, 0.6) is 0 Å². The Kier molecular flexibility index (Phi) is 3.96. The second kappa shape index (κ2) is 6.13. The molecule has 0 fully saturated rings. The summed E-state index contributed by atoms with van der Waals surface area (Å²) in [6.45, 7) is 3.83. The summed E-state index contributed by atoms with van der Waals surface area (Å²) in [5.74, 6) is -2.84. The molecule has 3 aliphatic rings. The number of nitriles is 1. The number of ketones is 1. The van der Waals surface area contributed by atoms with Gasteiger partial charge in [0.2, 0.25) is 5.88 Å². The summed E-state index contributed by atoms with van der Waals surface area (Å²) in [4.78, 5) is 26.6. The molecule has 1 aliphatic carbocycles. The fraction of sp³-hybridized carbons (Fsp3) is 0.381.